The summed E-state index contributed by atoms with van der Waals surface area (Å²) < 4.78 is 65.8. The molecule has 0 bridgehead atoms. The lowest BCUT2D eigenvalue weighted by Crippen LogP contribution is -2.45. The van der Waals surface area contributed by atoms with Gasteiger partial charge in [-0.05, 0) is 43.9 Å². The van der Waals surface area contributed by atoms with Crippen molar-refractivity contribution in [1.82, 2.24) is 19.9 Å². The van der Waals surface area contributed by atoms with Crippen LogP contribution in [0.3, 0.4) is 0 Å². The number of rotatable bonds is 7. The van der Waals surface area contributed by atoms with Crippen LogP contribution in [-0.2, 0) is 15.5 Å². The van der Waals surface area contributed by atoms with E-state index in [1.54, 1.807) is 12.1 Å². The molecule has 2 aromatic heterocycles. The van der Waals surface area contributed by atoms with E-state index in [1.165, 1.54) is 7.11 Å². The minimum Gasteiger partial charge on any atom is -0.495 e. The van der Waals surface area contributed by atoms with Gasteiger partial charge in [0.1, 0.15) is 24.4 Å². The van der Waals surface area contributed by atoms with E-state index in [-0.39, 0.29) is 28.8 Å². The van der Waals surface area contributed by atoms with Gasteiger partial charge in [-0.3, -0.25) is 4.90 Å². The molecule has 3 N–H and O–H groups in total. The smallest absolute Gasteiger partial charge is 0.418 e. The molecule has 0 unspecified atom stereocenters. The molecule has 0 radical (unpaired) electrons. The lowest BCUT2D eigenvalue weighted by molar-refractivity contribution is -0.136. The van der Waals surface area contributed by atoms with Crippen LogP contribution in [0.1, 0.15) is 31.2 Å². The van der Waals surface area contributed by atoms with E-state index in [1.807, 2.05) is 6.07 Å². The van der Waals surface area contributed by atoms with Crippen LogP contribution in [0.15, 0.2) is 24.4 Å². The molecule has 210 valence electrons. The van der Waals surface area contributed by atoms with Gasteiger partial charge in [0, 0.05) is 62.2 Å². The third-order valence-electron chi connectivity index (χ3n) is 7.86. The summed E-state index contributed by atoms with van der Waals surface area (Å²) in [5.41, 5.74) is -0.186. The van der Waals surface area contributed by atoms with Crippen molar-refractivity contribution in [2.24, 2.45) is 0 Å². The molecule has 9 nitrogen and oxygen atoms in total. The lowest BCUT2D eigenvalue weighted by atomic mass is 10.1. The number of hydrogen-bond donors (Lipinski definition) is 3. The maximum Gasteiger partial charge on any atom is 0.418 e. The van der Waals surface area contributed by atoms with Gasteiger partial charge in [-0.2, -0.15) is 23.1 Å². The quantitative estimate of drug-likeness (QED) is 0.352. The van der Waals surface area contributed by atoms with Gasteiger partial charge in [0.2, 0.25) is 5.95 Å². The molecule has 13 heteroatoms. The highest BCUT2D eigenvalue weighted by Gasteiger charge is 2.37. The number of ether oxygens (including phenoxy) is 2. The van der Waals surface area contributed by atoms with Crippen LogP contribution < -0.4 is 20.7 Å². The van der Waals surface area contributed by atoms with Gasteiger partial charge in [0.05, 0.1) is 23.7 Å². The van der Waals surface area contributed by atoms with Gasteiger partial charge in [-0.15, -0.1) is 0 Å². The summed E-state index contributed by atoms with van der Waals surface area (Å²) in [6, 6.07) is 6.00. The van der Waals surface area contributed by atoms with Crippen molar-refractivity contribution in [3.8, 4) is 5.75 Å². The fourth-order valence-electron chi connectivity index (χ4n) is 5.47. The molecule has 1 saturated carbocycles. The van der Waals surface area contributed by atoms with Crippen molar-refractivity contribution in [3.05, 3.63) is 30.0 Å². The Labute approximate surface area is 224 Å². The summed E-state index contributed by atoms with van der Waals surface area (Å²) in [5.74, 6) is 0.732. The molecule has 39 heavy (non-hydrogen) atoms. The third kappa shape index (κ3) is 5.47. The van der Waals surface area contributed by atoms with Crippen LogP contribution >= 0.6 is 7.14 Å². The number of hydrogen-bond acceptors (Lipinski definition) is 8. The number of halogens is 3. The van der Waals surface area contributed by atoms with Crippen molar-refractivity contribution in [2.75, 3.05) is 56.4 Å². The maximum absolute atomic E-state index is 13.9. The van der Waals surface area contributed by atoms with Gasteiger partial charge >= 0.3 is 6.18 Å². The Morgan fingerprint density at radius 1 is 1.13 bits per heavy atom. The Morgan fingerprint density at radius 3 is 2.54 bits per heavy atom. The Morgan fingerprint density at radius 2 is 1.87 bits per heavy atom. The second-order valence-electron chi connectivity index (χ2n) is 10.5. The van der Waals surface area contributed by atoms with Crippen molar-refractivity contribution < 1.29 is 27.2 Å². The first-order valence-electron chi connectivity index (χ1n) is 13.3. The number of nitrogens with zero attached hydrogens (tertiary/aromatic N) is 3. The van der Waals surface area contributed by atoms with E-state index in [0.717, 1.165) is 63.5 Å². The molecule has 3 aliphatic rings. The summed E-state index contributed by atoms with van der Waals surface area (Å²) in [6.07, 6.45) is 1.41. The predicted octanol–water partition coefficient (Wildman–Crippen LogP) is 4.79. The molecule has 2 aliphatic heterocycles. The van der Waals surface area contributed by atoms with E-state index in [9.17, 15) is 17.7 Å². The molecule has 0 amide bonds. The highest BCUT2D eigenvalue weighted by Crippen LogP contribution is 2.48. The Kier molecular flexibility index (Phi) is 6.97. The number of benzene rings is 1. The number of alkyl halides is 3. The molecule has 3 aromatic rings. The Balaban J connectivity index is 1.23. The monoisotopic (exact) mass is 564 g/mol. The van der Waals surface area contributed by atoms with E-state index in [2.05, 4.69) is 30.5 Å². The SMILES string of the molecule is COc1cc(P2(=O)CCN(C3CCOCC3)CC2)ccc1Nc1nc(NC2CC2)c2c(C(F)(F)F)c[nH]c2n1. The molecule has 6 rings (SSSR count). The van der Waals surface area contributed by atoms with Gasteiger partial charge in [0.15, 0.2) is 0 Å². The number of anilines is 3. The minimum absolute atomic E-state index is 0.0764. The number of H-pyrrole nitrogens is 1. The van der Waals surface area contributed by atoms with Gasteiger partial charge in [-0.1, -0.05) is 0 Å². The van der Waals surface area contributed by atoms with Gasteiger partial charge < -0.3 is 29.7 Å². The first kappa shape index (κ1) is 26.4. The number of aromatic nitrogens is 3. The molecule has 3 fully saturated rings. The molecule has 4 heterocycles. The molecule has 1 aromatic carbocycles. The average molecular weight is 565 g/mol. The third-order valence-corrected chi connectivity index (χ3v) is 10.9. The Hall–Kier alpha value is -2.82. The zero-order chi connectivity index (χ0) is 27.2. The summed E-state index contributed by atoms with van der Waals surface area (Å²) in [6.45, 7) is 3.16. The van der Waals surface area contributed by atoms with Crippen molar-refractivity contribution in [3.63, 3.8) is 0 Å². The molecule has 0 atom stereocenters. The van der Waals surface area contributed by atoms with Gasteiger partial charge in [0.25, 0.3) is 0 Å². The zero-order valence-electron chi connectivity index (χ0n) is 21.7. The molecule has 2 saturated heterocycles. The highest BCUT2D eigenvalue weighted by atomic mass is 31.2. The number of aromatic amines is 1. The van der Waals surface area contributed by atoms with Crippen molar-refractivity contribution in [1.29, 1.82) is 0 Å². The van der Waals surface area contributed by atoms with E-state index in [4.69, 9.17) is 9.47 Å². The van der Waals surface area contributed by atoms with E-state index < -0.39 is 18.9 Å². The second kappa shape index (κ2) is 10.3. The summed E-state index contributed by atoms with van der Waals surface area (Å²) in [4.78, 5) is 13.8. The maximum atomic E-state index is 13.9. The van der Waals surface area contributed by atoms with Crippen LogP contribution in [-0.4, -0.2) is 77.7 Å². The van der Waals surface area contributed by atoms with Gasteiger partial charge in [-0.25, -0.2) is 0 Å². The van der Waals surface area contributed by atoms with Crippen molar-refractivity contribution >= 4 is 40.9 Å². The normalized spacial score (nSPS) is 20.7. The topological polar surface area (TPSA) is 104 Å². The summed E-state index contributed by atoms with van der Waals surface area (Å²) >= 11 is 0. The summed E-state index contributed by atoms with van der Waals surface area (Å²) in [7, 11) is -1.07. The van der Waals surface area contributed by atoms with Crippen LogP contribution in [0.2, 0.25) is 0 Å². The Bertz CT molecular complexity index is 1390. The number of fused-ring (bicyclic) bond motifs is 1. The first-order valence-corrected chi connectivity index (χ1v) is 15.4. The fraction of sp³-hybridized carbons (Fsp3) is 0.538. The van der Waals surface area contributed by atoms with E-state index in [0.29, 0.717) is 29.8 Å². The molecular weight excluding hydrogens is 532 g/mol. The fourth-order valence-corrected chi connectivity index (χ4v) is 8.07. The summed E-state index contributed by atoms with van der Waals surface area (Å²) in [5, 5.41) is 6.89. The lowest BCUT2D eigenvalue weighted by Gasteiger charge is -2.39. The zero-order valence-corrected chi connectivity index (χ0v) is 22.6. The standard InChI is InChI=1S/C26H32F3N6O3P/c1-37-21-14-18(39(36)12-8-35(9-13-39)17-6-10-38-11-7-17)4-5-20(21)32-25-33-23-22(19(15-30-23)26(27,28)29)24(34-25)31-16-2-3-16/h4-5,14-17H,2-3,6-13H2,1H3,(H3,30,31,32,33,34). The van der Waals surface area contributed by atoms with Crippen LogP contribution in [0, 0.1) is 0 Å². The molecular formula is C26H32F3N6O3P. The minimum atomic E-state index is -4.53. The average Bonchev–Trinajstić information content (AvgIpc) is 3.63. The predicted molar refractivity (Wildman–Crippen MR) is 144 cm³/mol. The molecule has 1 aliphatic carbocycles. The largest absolute Gasteiger partial charge is 0.495 e. The highest BCUT2D eigenvalue weighted by molar-refractivity contribution is 7.71. The van der Waals surface area contributed by atoms with Crippen LogP contribution in [0.4, 0.5) is 30.6 Å². The van der Waals surface area contributed by atoms with E-state index >= 15 is 0 Å². The number of methoxy groups -OCH3 is 1. The van der Waals surface area contributed by atoms with Crippen LogP contribution in [0.5, 0.6) is 5.75 Å². The van der Waals surface area contributed by atoms with Crippen LogP contribution in [0.25, 0.3) is 11.0 Å². The first-order chi connectivity index (χ1) is 18.7. The number of nitrogens with one attached hydrogen (secondary N) is 3. The molecule has 0 spiro atoms. The van der Waals surface area contributed by atoms with Crippen molar-refractivity contribution in [2.45, 2.75) is 43.9 Å². The second-order valence-corrected chi connectivity index (χ2v) is 13.7.